The molecule has 0 aliphatic heterocycles. The lowest BCUT2D eigenvalue weighted by atomic mass is 10.1. The normalized spacial score (nSPS) is 11.2. The van der Waals surface area contributed by atoms with Gasteiger partial charge in [0, 0.05) is 18.5 Å². The number of halogens is 1. The minimum Gasteiger partial charge on any atom is -0.394 e. The highest BCUT2D eigenvalue weighted by molar-refractivity contribution is 6.28. The average Bonchev–Trinajstić information content (AvgIpc) is 2.22. The van der Waals surface area contributed by atoms with Gasteiger partial charge in [0.05, 0.1) is 11.4 Å². The molecule has 0 aliphatic carbocycles. The van der Waals surface area contributed by atoms with E-state index in [1.165, 1.54) is 0 Å². The minimum absolute atomic E-state index is 0.0320. The zero-order valence-corrected chi connectivity index (χ0v) is 12.4. The molecule has 0 saturated heterocycles. The van der Waals surface area contributed by atoms with E-state index >= 15 is 0 Å². The molecule has 1 rings (SSSR count). The van der Waals surface area contributed by atoms with Gasteiger partial charge in [-0.15, -0.1) is 0 Å². The first-order valence-electron chi connectivity index (χ1n) is 6.03. The van der Waals surface area contributed by atoms with Crippen molar-refractivity contribution < 1.29 is 4.79 Å². The van der Waals surface area contributed by atoms with Gasteiger partial charge >= 0.3 is 0 Å². The van der Waals surface area contributed by atoms with Crippen molar-refractivity contribution >= 4 is 29.0 Å². The van der Waals surface area contributed by atoms with Gasteiger partial charge in [0.25, 0.3) is 0 Å². The maximum absolute atomic E-state index is 11.6. The minimum atomic E-state index is -0.231. The van der Waals surface area contributed by atoms with Crippen molar-refractivity contribution in [2.75, 3.05) is 17.6 Å². The van der Waals surface area contributed by atoms with E-state index in [9.17, 15) is 4.79 Å². The van der Waals surface area contributed by atoms with Crippen molar-refractivity contribution in [3.8, 4) is 0 Å². The van der Waals surface area contributed by atoms with E-state index < -0.39 is 0 Å². The quantitative estimate of drug-likeness (QED) is 0.733. The number of anilines is 2. The lowest BCUT2D eigenvalue weighted by Gasteiger charge is -2.20. The third kappa shape index (κ3) is 5.30. The van der Waals surface area contributed by atoms with Gasteiger partial charge in [-0.3, -0.25) is 4.79 Å². The number of hydrogen-bond donors (Lipinski definition) is 3. The molecule has 1 heterocycles. The highest BCUT2D eigenvalue weighted by Crippen LogP contribution is 2.20. The molecule has 19 heavy (non-hydrogen) atoms. The monoisotopic (exact) mass is 285 g/mol. The van der Waals surface area contributed by atoms with Crippen LogP contribution < -0.4 is 16.4 Å². The molecular weight excluding hydrogens is 266 g/mol. The molecule has 0 aromatic carbocycles. The topological polar surface area (TPSA) is 92.9 Å². The molecule has 0 fully saturated rings. The summed E-state index contributed by atoms with van der Waals surface area (Å²) in [5.74, 6) is 0.427. The van der Waals surface area contributed by atoms with Crippen LogP contribution in [0.2, 0.25) is 5.28 Å². The third-order valence-electron chi connectivity index (χ3n) is 2.27. The molecule has 6 nitrogen and oxygen atoms in total. The fourth-order valence-corrected chi connectivity index (χ4v) is 1.67. The molecule has 0 unspecified atom stereocenters. The molecule has 0 saturated carbocycles. The number of amides is 1. The number of nitrogen functional groups attached to an aromatic ring is 1. The van der Waals surface area contributed by atoms with Crippen LogP contribution in [-0.2, 0) is 4.79 Å². The standard InChI is InChI=1S/C12H20ClN5O/c1-7-9(14)10(17-11(13)16-7)15-6-5-8(19)18-12(2,3)4/h5-6,14H2,1-4H3,(H,18,19)(H,15,16,17). The molecule has 0 atom stereocenters. The molecule has 1 aromatic heterocycles. The van der Waals surface area contributed by atoms with E-state index in [2.05, 4.69) is 20.6 Å². The number of carbonyl (C=O) groups is 1. The summed E-state index contributed by atoms with van der Waals surface area (Å²) in [4.78, 5) is 19.6. The van der Waals surface area contributed by atoms with Crippen molar-refractivity contribution in [2.24, 2.45) is 0 Å². The summed E-state index contributed by atoms with van der Waals surface area (Å²) in [6.45, 7) is 7.98. The summed E-state index contributed by atoms with van der Waals surface area (Å²) in [6, 6.07) is 0. The van der Waals surface area contributed by atoms with Crippen LogP contribution in [0, 0.1) is 6.92 Å². The Morgan fingerprint density at radius 2 is 2.00 bits per heavy atom. The van der Waals surface area contributed by atoms with Crippen LogP contribution in [0.1, 0.15) is 32.9 Å². The molecule has 0 radical (unpaired) electrons. The fourth-order valence-electron chi connectivity index (χ4n) is 1.46. The van der Waals surface area contributed by atoms with E-state index in [0.717, 1.165) is 0 Å². The first-order chi connectivity index (χ1) is 8.69. The van der Waals surface area contributed by atoms with E-state index in [0.29, 0.717) is 30.2 Å². The van der Waals surface area contributed by atoms with Gasteiger partial charge in [-0.2, -0.15) is 4.98 Å². The Morgan fingerprint density at radius 1 is 1.37 bits per heavy atom. The Morgan fingerprint density at radius 3 is 2.58 bits per heavy atom. The second-order valence-corrected chi connectivity index (χ2v) is 5.65. The number of nitrogens with two attached hydrogens (primary N) is 1. The predicted octanol–water partition coefficient (Wildman–Crippen LogP) is 1.74. The van der Waals surface area contributed by atoms with E-state index in [1.54, 1.807) is 6.92 Å². The van der Waals surface area contributed by atoms with Crippen LogP contribution in [0.25, 0.3) is 0 Å². The van der Waals surface area contributed by atoms with E-state index in [4.69, 9.17) is 17.3 Å². The fraction of sp³-hybridized carbons (Fsp3) is 0.583. The molecule has 0 spiro atoms. The van der Waals surface area contributed by atoms with E-state index in [-0.39, 0.29) is 16.7 Å². The Kier molecular flexibility index (Phi) is 4.94. The number of carbonyl (C=O) groups excluding carboxylic acids is 1. The van der Waals surface area contributed by atoms with Gasteiger partial charge in [-0.05, 0) is 39.3 Å². The summed E-state index contributed by atoms with van der Waals surface area (Å²) in [6.07, 6.45) is 0.331. The van der Waals surface area contributed by atoms with Gasteiger partial charge < -0.3 is 16.4 Å². The Bertz CT molecular complexity index is 470. The smallest absolute Gasteiger partial charge is 0.224 e. The van der Waals surface area contributed by atoms with Crippen LogP contribution in [0.5, 0.6) is 0 Å². The lowest BCUT2D eigenvalue weighted by molar-refractivity contribution is -0.122. The second-order valence-electron chi connectivity index (χ2n) is 5.32. The summed E-state index contributed by atoms with van der Waals surface area (Å²) in [7, 11) is 0. The molecule has 1 amide bonds. The predicted molar refractivity (Wildman–Crippen MR) is 77.2 cm³/mol. The van der Waals surface area contributed by atoms with Crippen LogP contribution in [-0.4, -0.2) is 28.0 Å². The molecule has 4 N–H and O–H groups in total. The van der Waals surface area contributed by atoms with Crippen molar-refractivity contribution in [2.45, 2.75) is 39.7 Å². The Labute approximate surface area is 118 Å². The van der Waals surface area contributed by atoms with Gasteiger partial charge in [0.2, 0.25) is 11.2 Å². The number of aryl methyl sites for hydroxylation is 1. The zero-order valence-electron chi connectivity index (χ0n) is 11.7. The van der Waals surface area contributed by atoms with Crippen molar-refractivity contribution in [1.82, 2.24) is 15.3 Å². The van der Waals surface area contributed by atoms with Crippen LogP contribution in [0.4, 0.5) is 11.5 Å². The van der Waals surface area contributed by atoms with Crippen LogP contribution >= 0.6 is 11.6 Å². The van der Waals surface area contributed by atoms with Gasteiger partial charge in [-0.1, -0.05) is 0 Å². The van der Waals surface area contributed by atoms with Crippen LogP contribution in [0.3, 0.4) is 0 Å². The molecule has 1 aromatic rings. The highest BCUT2D eigenvalue weighted by atomic mass is 35.5. The van der Waals surface area contributed by atoms with Crippen molar-refractivity contribution in [3.63, 3.8) is 0 Å². The number of hydrogen-bond acceptors (Lipinski definition) is 5. The second kappa shape index (κ2) is 6.06. The molecule has 0 aliphatic rings. The van der Waals surface area contributed by atoms with Gasteiger partial charge in [0.1, 0.15) is 0 Å². The maximum atomic E-state index is 11.6. The maximum Gasteiger partial charge on any atom is 0.224 e. The SMILES string of the molecule is Cc1nc(Cl)nc(NCCC(=O)NC(C)(C)C)c1N. The van der Waals surface area contributed by atoms with Crippen molar-refractivity contribution in [3.05, 3.63) is 11.0 Å². The first kappa shape index (κ1) is 15.5. The average molecular weight is 286 g/mol. The van der Waals surface area contributed by atoms with Gasteiger partial charge in [0.15, 0.2) is 5.82 Å². The largest absolute Gasteiger partial charge is 0.394 e. The Balaban J connectivity index is 2.52. The molecule has 0 bridgehead atoms. The van der Waals surface area contributed by atoms with Crippen molar-refractivity contribution in [1.29, 1.82) is 0 Å². The number of nitrogens with zero attached hydrogens (tertiary/aromatic N) is 2. The summed E-state index contributed by atoms with van der Waals surface area (Å²) < 4.78 is 0. The molecule has 7 heteroatoms. The van der Waals surface area contributed by atoms with Gasteiger partial charge in [-0.25, -0.2) is 4.98 Å². The summed E-state index contributed by atoms with van der Waals surface area (Å²) in [5, 5.41) is 6.00. The summed E-state index contributed by atoms with van der Waals surface area (Å²) in [5.41, 5.74) is 6.65. The first-order valence-corrected chi connectivity index (χ1v) is 6.41. The number of nitrogens with one attached hydrogen (secondary N) is 2. The molecular formula is C12H20ClN5O. The summed E-state index contributed by atoms with van der Waals surface area (Å²) >= 11 is 5.75. The lowest BCUT2D eigenvalue weighted by Crippen LogP contribution is -2.41. The molecule has 106 valence electrons. The number of rotatable bonds is 4. The Hall–Kier alpha value is -1.56. The van der Waals surface area contributed by atoms with E-state index in [1.807, 2.05) is 20.8 Å². The highest BCUT2D eigenvalue weighted by Gasteiger charge is 2.13. The third-order valence-corrected chi connectivity index (χ3v) is 2.44. The van der Waals surface area contributed by atoms with Crippen LogP contribution in [0.15, 0.2) is 0 Å². The zero-order chi connectivity index (χ0) is 14.6. The number of aromatic nitrogens is 2.